The molecule has 2 atom stereocenters. The molecule has 1 heterocycles. The number of benzene rings is 1. The lowest BCUT2D eigenvalue weighted by molar-refractivity contribution is -0.130. The molecule has 0 aliphatic carbocycles. The molecule has 0 bridgehead atoms. The number of anilines is 1. The van der Waals surface area contributed by atoms with Gasteiger partial charge in [0, 0.05) is 23.7 Å². The number of amides is 1. The summed E-state index contributed by atoms with van der Waals surface area (Å²) in [6, 6.07) is 6.90. The second kappa shape index (κ2) is 6.88. The number of nitrogens with two attached hydrogens (primary N) is 1. The van der Waals surface area contributed by atoms with Crippen LogP contribution in [0.25, 0.3) is 0 Å². The van der Waals surface area contributed by atoms with Crippen LogP contribution in [0.15, 0.2) is 29.2 Å². The van der Waals surface area contributed by atoms with Crippen molar-refractivity contribution in [1.29, 1.82) is 0 Å². The van der Waals surface area contributed by atoms with Gasteiger partial charge in [-0.05, 0) is 44.0 Å². The molecule has 1 aromatic rings. The SMILES string of the molecule is CC(C(=O)N1CCCCCC1)S(=O)c1ccc(N)cc1. The van der Waals surface area contributed by atoms with Gasteiger partial charge in [-0.1, -0.05) is 12.8 Å². The number of hydrogen-bond acceptors (Lipinski definition) is 3. The molecule has 1 aliphatic rings. The molecule has 0 saturated carbocycles. The van der Waals surface area contributed by atoms with E-state index in [-0.39, 0.29) is 5.91 Å². The Hall–Kier alpha value is -1.36. The highest BCUT2D eigenvalue weighted by atomic mass is 32.2. The van der Waals surface area contributed by atoms with Gasteiger partial charge in [-0.15, -0.1) is 0 Å². The maximum atomic E-state index is 12.4. The van der Waals surface area contributed by atoms with Crippen molar-refractivity contribution in [1.82, 2.24) is 4.90 Å². The van der Waals surface area contributed by atoms with E-state index in [1.165, 1.54) is 12.8 Å². The third-order valence-corrected chi connectivity index (χ3v) is 5.28. The molecule has 5 heteroatoms. The monoisotopic (exact) mass is 294 g/mol. The molecule has 110 valence electrons. The van der Waals surface area contributed by atoms with E-state index in [1.807, 2.05) is 4.90 Å². The molecule has 1 aliphatic heterocycles. The van der Waals surface area contributed by atoms with Crippen LogP contribution in [0.2, 0.25) is 0 Å². The molecule has 1 amide bonds. The Kier molecular flexibility index (Phi) is 5.17. The zero-order chi connectivity index (χ0) is 14.5. The molecule has 20 heavy (non-hydrogen) atoms. The first-order chi connectivity index (χ1) is 9.59. The summed E-state index contributed by atoms with van der Waals surface area (Å²) in [4.78, 5) is 15.0. The van der Waals surface area contributed by atoms with Gasteiger partial charge in [-0.3, -0.25) is 9.00 Å². The number of nitrogens with zero attached hydrogens (tertiary/aromatic N) is 1. The average molecular weight is 294 g/mol. The Morgan fingerprint density at radius 3 is 2.25 bits per heavy atom. The van der Waals surface area contributed by atoms with Crippen molar-refractivity contribution < 1.29 is 9.00 Å². The highest BCUT2D eigenvalue weighted by Gasteiger charge is 2.26. The molecule has 0 aromatic heterocycles. The summed E-state index contributed by atoms with van der Waals surface area (Å²) < 4.78 is 12.4. The van der Waals surface area contributed by atoms with Crippen molar-refractivity contribution in [2.75, 3.05) is 18.8 Å². The summed E-state index contributed by atoms with van der Waals surface area (Å²) in [5.41, 5.74) is 6.26. The third-order valence-electron chi connectivity index (χ3n) is 3.70. The topological polar surface area (TPSA) is 63.4 Å². The Labute approximate surface area is 122 Å². The predicted octanol–water partition coefficient (Wildman–Crippen LogP) is 2.17. The van der Waals surface area contributed by atoms with Gasteiger partial charge in [0.25, 0.3) is 0 Å². The van der Waals surface area contributed by atoms with E-state index in [0.29, 0.717) is 10.6 Å². The molecule has 2 unspecified atom stereocenters. The number of rotatable bonds is 3. The summed E-state index contributed by atoms with van der Waals surface area (Å²) in [6.45, 7) is 3.34. The van der Waals surface area contributed by atoms with Crippen molar-refractivity contribution in [2.45, 2.75) is 42.8 Å². The summed E-state index contributed by atoms with van der Waals surface area (Å²) in [5.74, 6) is 0.00191. The van der Waals surface area contributed by atoms with Crippen molar-refractivity contribution >= 4 is 22.4 Å². The third kappa shape index (κ3) is 3.60. The minimum Gasteiger partial charge on any atom is -0.399 e. The molecule has 1 saturated heterocycles. The van der Waals surface area contributed by atoms with Crippen LogP contribution >= 0.6 is 0 Å². The van der Waals surface area contributed by atoms with Gasteiger partial charge in [0.05, 0.1) is 10.8 Å². The number of carbonyl (C=O) groups is 1. The fraction of sp³-hybridized carbons (Fsp3) is 0.533. The summed E-state index contributed by atoms with van der Waals surface area (Å²) in [7, 11) is -1.32. The van der Waals surface area contributed by atoms with Crippen LogP contribution in [0.5, 0.6) is 0 Å². The van der Waals surface area contributed by atoms with Gasteiger partial charge in [0.2, 0.25) is 5.91 Å². The molecule has 0 radical (unpaired) electrons. The fourth-order valence-corrected chi connectivity index (χ4v) is 3.59. The molecule has 1 aromatic carbocycles. The summed E-state index contributed by atoms with van der Waals surface area (Å²) >= 11 is 0. The average Bonchev–Trinajstić information content (AvgIpc) is 2.75. The maximum Gasteiger partial charge on any atom is 0.238 e. The van der Waals surface area contributed by atoms with Crippen LogP contribution in [0.1, 0.15) is 32.6 Å². The normalized spacial score (nSPS) is 19.1. The van der Waals surface area contributed by atoms with Gasteiger partial charge < -0.3 is 10.6 Å². The Morgan fingerprint density at radius 2 is 1.70 bits per heavy atom. The van der Waals surface area contributed by atoms with Gasteiger partial charge in [-0.25, -0.2) is 0 Å². The first kappa shape index (κ1) is 15.0. The first-order valence-electron chi connectivity index (χ1n) is 7.14. The Bertz CT molecular complexity index is 479. The van der Waals surface area contributed by atoms with E-state index in [9.17, 15) is 9.00 Å². The second-order valence-electron chi connectivity index (χ2n) is 5.25. The van der Waals surface area contributed by atoms with E-state index >= 15 is 0 Å². The lowest BCUT2D eigenvalue weighted by atomic mass is 10.2. The van der Waals surface area contributed by atoms with E-state index in [1.54, 1.807) is 31.2 Å². The lowest BCUT2D eigenvalue weighted by Crippen LogP contribution is -2.40. The Morgan fingerprint density at radius 1 is 1.15 bits per heavy atom. The van der Waals surface area contributed by atoms with Crippen molar-refractivity contribution in [3.05, 3.63) is 24.3 Å². The van der Waals surface area contributed by atoms with Crippen molar-refractivity contribution in [3.63, 3.8) is 0 Å². The number of likely N-dealkylation sites (tertiary alicyclic amines) is 1. The van der Waals surface area contributed by atoms with Crippen molar-refractivity contribution in [3.8, 4) is 0 Å². The highest BCUT2D eigenvalue weighted by Crippen LogP contribution is 2.17. The van der Waals surface area contributed by atoms with Gasteiger partial charge in [0.15, 0.2) is 0 Å². The van der Waals surface area contributed by atoms with Crippen LogP contribution in [0, 0.1) is 0 Å². The molecule has 0 spiro atoms. The number of hydrogen-bond donors (Lipinski definition) is 1. The highest BCUT2D eigenvalue weighted by molar-refractivity contribution is 7.86. The maximum absolute atomic E-state index is 12.4. The summed E-state index contributed by atoms with van der Waals surface area (Å²) in [5, 5.41) is -0.503. The minimum atomic E-state index is -1.32. The predicted molar refractivity (Wildman–Crippen MR) is 81.8 cm³/mol. The first-order valence-corrected chi connectivity index (χ1v) is 8.36. The number of carbonyl (C=O) groups excluding carboxylic acids is 1. The lowest BCUT2D eigenvalue weighted by Gasteiger charge is -2.23. The fourth-order valence-electron chi connectivity index (χ4n) is 2.45. The standard InChI is InChI=1S/C15H22N2O2S/c1-12(15(18)17-10-4-2-3-5-11-17)20(19)14-8-6-13(16)7-9-14/h6-9,12H,2-5,10-11,16H2,1H3. The molecule has 4 nitrogen and oxygen atoms in total. The molecular formula is C15H22N2O2S. The van der Waals surface area contributed by atoms with E-state index in [0.717, 1.165) is 25.9 Å². The number of nitrogen functional groups attached to an aromatic ring is 1. The van der Waals surface area contributed by atoms with Gasteiger partial charge in [0.1, 0.15) is 5.25 Å². The molecule has 1 fully saturated rings. The van der Waals surface area contributed by atoms with Crippen LogP contribution in [0.4, 0.5) is 5.69 Å². The van der Waals surface area contributed by atoms with E-state index in [2.05, 4.69) is 0 Å². The largest absolute Gasteiger partial charge is 0.399 e. The zero-order valence-electron chi connectivity index (χ0n) is 11.9. The van der Waals surface area contributed by atoms with Crippen LogP contribution in [0.3, 0.4) is 0 Å². The molecular weight excluding hydrogens is 272 g/mol. The Balaban J connectivity index is 2.05. The van der Waals surface area contributed by atoms with Crippen molar-refractivity contribution in [2.24, 2.45) is 0 Å². The smallest absolute Gasteiger partial charge is 0.238 e. The second-order valence-corrected chi connectivity index (χ2v) is 7.02. The zero-order valence-corrected chi connectivity index (χ0v) is 12.7. The van der Waals surface area contributed by atoms with E-state index in [4.69, 9.17) is 5.73 Å². The molecule has 2 N–H and O–H groups in total. The van der Waals surface area contributed by atoms with E-state index < -0.39 is 16.0 Å². The van der Waals surface area contributed by atoms with Crippen LogP contribution in [-0.2, 0) is 15.6 Å². The molecule has 2 rings (SSSR count). The van der Waals surface area contributed by atoms with Gasteiger partial charge in [-0.2, -0.15) is 0 Å². The minimum absolute atomic E-state index is 0.00191. The quantitative estimate of drug-likeness (QED) is 0.869. The van der Waals surface area contributed by atoms with Crippen LogP contribution < -0.4 is 5.73 Å². The summed E-state index contributed by atoms with van der Waals surface area (Å²) in [6.07, 6.45) is 4.46. The van der Waals surface area contributed by atoms with Crippen LogP contribution in [-0.4, -0.2) is 33.4 Å². The van der Waals surface area contributed by atoms with Gasteiger partial charge >= 0.3 is 0 Å².